The molecule has 1 fully saturated rings. The number of aliphatic hydroxyl groups is 2. The third-order valence-electron chi connectivity index (χ3n) is 5.93. The van der Waals surface area contributed by atoms with Gasteiger partial charge in [-0.1, -0.05) is 24.3 Å². The highest BCUT2D eigenvalue weighted by atomic mass is 16.5. The zero-order valence-electron chi connectivity index (χ0n) is 17.6. The van der Waals surface area contributed by atoms with Crippen molar-refractivity contribution >= 4 is 5.96 Å². The molecular weight excluding hydrogens is 368 g/mol. The van der Waals surface area contributed by atoms with Gasteiger partial charge in [0.1, 0.15) is 0 Å². The molecule has 2 unspecified atom stereocenters. The Kier molecular flexibility index (Phi) is 8.29. The van der Waals surface area contributed by atoms with E-state index in [0.29, 0.717) is 38.6 Å². The van der Waals surface area contributed by atoms with Crippen molar-refractivity contribution in [3.05, 3.63) is 35.4 Å². The lowest BCUT2D eigenvalue weighted by molar-refractivity contribution is 0.108. The first kappa shape index (κ1) is 22.0. The van der Waals surface area contributed by atoms with Crippen molar-refractivity contribution in [3.8, 4) is 0 Å². The molecule has 7 nitrogen and oxygen atoms in total. The predicted octanol–water partition coefficient (Wildman–Crippen LogP) is 0.750. The van der Waals surface area contributed by atoms with Gasteiger partial charge in [-0.15, -0.1) is 0 Å². The maximum atomic E-state index is 10.5. The smallest absolute Gasteiger partial charge is 0.191 e. The van der Waals surface area contributed by atoms with Crippen molar-refractivity contribution in [3.63, 3.8) is 0 Å². The SMILES string of the molecule is CCNC(=NCC1(CCO)CCOC1)NCC(O)CN1CCc2ccccc2C1. The zero-order chi connectivity index (χ0) is 20.5. The number of fused-ring (bicyclic) bond motifs is 1. The summed E-state index contributed by atoms with van der Waals surface area (Å²) in [6.07, 6.45) is 2.20. The van der Waals surface area contributed by atoms with Crippen molar-refractivity contribution in [1.29, 1.82) is 0 Å². The number of nitrogens with one attached hydrogen (secondary N) is 2. The maximum Gasteiger partial charge on any atom is 0.191 e. The minimum absolute atomic E-state index is 0.0725. The van der Waals surface area contributed by atoms with Crippen LogP contribution < -0.4 is 10.6 Å². The monoisotopic (exact) mass is 404 g/mol. The number of benzene rings is 1. The van der Waals surface area contributed by atoms with Crippen LogP contribution in [0.2, 0.25) is 0 Å². The first-order chi connectivity index (χ1) is 14.1. The Morgan fingerprint density at radius 2 is 2.14 bits per heavy atom. The summed E-state index contributed by atoms with van der Waals surface area (Å²) in [6, 6.07) is 8.55. The molecule has 0 aliphatic carbocycles. The molecule has 1 saturated heterocycles. The molecule has 2 aliphatic heterocycles. The van der Waals surface area contributed by atoms with Gasteiger partial charge in [-0.25, -0.2) is 0 Å². The molecule has 0 saturated carbocycles. The maximum absolute atomic E-state index is 10.5. The van der Waals surface area contributed by atoms with E-state index in [1.807, 2.05) is 6.92 Å². The van der Waals surface area contributed by atoms with Gasteiger partial charge in [0.25, 0.3) is 0 Å². The fourth-order valence-electron chi connectivity index (χ4n) is 4.16. The van der Waals surface area contributed by atoms with E-state index in [-0.39, 0.29) is 12.0 Å². The topological polar surface area (TPSA) is 89.4 Å². The molecule has 0 amide bonds. The number of rotatable bonds is 9. The van der Waals surface area contributed by atoms with E-state index in [0.717, 1.165) is 39.1 Å². The van der Waals surface area contributed by atoms with E-state index in [4.69, 9.17) is 9.73 Å². The van der Waals surface area contributed by atoms with E-state index < -0.39 is 6.10 Å². The summed E-state index contributed by atoms with van der Waals surface area (Å²) in [4.78, 5) is 7.02. The number of β-amino-alcohol motifs (C(OH)–C–C–N with tert-alkyl or cyclic N) is 1. The Morgan fingerprint density at radius 3 is 2.86 bits per heavy atom. The van der Waals surface area contributed by atoms with Gasteiger partial charge in [-0.3, -0.25) is 9.89 Å². The highest BCUT2D eigenvalue weighted by Gasteiger charge is 2.34. The molecule has 1 aromatic rings. The van der Waals surface area contributed by atoms with Crippen molar-refractivity contribution in [2.45, 2.75) is 38.8 Å². The number of guanidine groups is 1. The first-order valence-corrected chi connectivity index (χ1v) is 10.8. The lowest BCUT2D eigenvalue weighted by Crippen LogP contribution is -2.45. The molecule has 7 heteroatoms. The zero-order valence-corrected chi connectivity index (χ0v) is 17.6. The van der Waals surface area contributed by atoms with Crippen molar-refractivity contribution < 1.29 is 14.9 Å². The molecule has 0 radical (unpaired) electrons. The van der Waals surface area contributed by atoms with Gasteiger partial charge in [0.15, 0.2) is 5.96 Å². The third kappa shape index (κ3) is 6.40. The van der Waals surface area contributed by atoms with Crippen LogP contribution in [-0.2, 0) is 17.7 Å². The minimum Gasteiger partial charge on any atom is -0.396 e. The molecule has 3 rings (SSSR count). The average molecular weight is 405 g/mol. The van der Waals surface area contributed by atoms with E-state index >= 15 is 0 Å². The van der Waals surface area contributed by atoms with Crippen LogP contribution in [0.5, 0.6) is 0 Å². The first-order valence-electron chi connectivity index (χ1n) is 10.8. The van der Waals surface area contributed by atoms with Gasteiger partial charge in [0, 0.05) is 51.4 Å². The summed E-state index contributed by atoms with van der Waals surface area (Å²) in [5.74, 6) is 0.708. The van der Waals surface area contributed by atoms with E-state index in [1.54, 1.807) is 0 Å². The third-order valence-corrected chi connectivity index (χ3v) is 5.93. The Labute approximate surface area is 174 Å². The van der Waals surface area contributed by atoms with Crippen LogP contribution in [0, 0.1) is 5.41 Å². The van der Waals surface area contributed by atoms with Crippen LogP contribution in [0.1, 0.15) is 30.9 Å². The Morgan fingerprint density at radius 1 is 1.31 bits per heavy atom. The Balaban J connectivity index is 1.48. The number of hydrogen-bond donors (Lipinski definition) is 4. The molecule has 2 atom stereocenters. The molecule has 29 heavy (non-hydrogen) atoms. The minimum atomic E-state index is -0.467. The second-order valence-electron chi connectivity index (χ2n) is 8.26. The summed E-state index contributed by atoms with van der Waals surface area (Å²) in [7, 11) is 0. The highest BCUT2D eigenvalue weighted by Crippen LogP contribution is 2.32. The quantitative estimate of drug-likeness (QED) is 0.359. The summed E-state index contributed by atoms with van der Waals surface area (Å²) >= 11 is 0. The standard InChI is InChI=1S/C22H36N4O3/c1-2-23-21(25-16-22(8-11-27)9-12-29-17-22)24-13-20(28)15-26-10-7-18-5-3-4-6-19(18)14-26/h3-6,20,27-28H,2,7-17H2,1H3,(H2,23,24,25). The van der Waals surface area contributed by atoms with Crippen molar-refractivity contribution in [1.82, 2.24) is 15.5 Å². The summed E-state index contributed by atoms with van der Waals surface area (Å²) in [5.41, 5.74) is 2.71. The number of nitrogens with zero attached hydrogens (tertiary/aromatic N) is 2. The highest BCUT2D eigenvalue weighted by molar-refractivity contribution is 5.79. The fourth-order valence-corrected chi connectivity index (χ4v) is 4.16. The molecule has 0 spiro atoms. The second kappa shape index (κ2) is 10.9. The lowest BCUT2D eigenvalue weighted by atomic mass is 9.84. The predicted molar refractivity (Wildman–Crippen MR) is 115 cm³/mol. The molecule has 4 N–H and O–H groups in total. The Bertz CT molecular complexity index is 661. The van der Waals surface area contributed by atoms with Crippen LogP contribution in [-0.4, -0.2) is 79.7 Å². The number of hydrogen-bond acceptors (Lipinski definition) is 5. The summed E-state index contributed by atoms with van der Waals surface area (Å²) in [5, 5.41) is 26.4. The van der Waals surface area contributed by atoms with Gasteiger partial charge in [-0.05, 0) is 37.3 Å². The van der Waals surface area contributed by atoms with E-state index in [1.165, 1.54) is 11.1 Å². The Hall–Kier alpha value is -1.67. The van der Waals surface area contributed by atoms with Gasteiger partial charge >= 0.3 is 0 Å². The molecule has 2 aliphatic rings. The second-order valence-corrected chi connectivity index (χ2v) is 8.26. The van der Waals surface area contributed by atoms with Crippen molar-refractivity contribution in [2.24, 2.45) is 10.4 Å². The molecule has 0 aromatic heterocycles. The van der Waals surface area contributed by atoms with Crippen LogP contribution in [0.3, 0.4) is 0 Å². The van der Waals surface area contributed by atoms with Gasteiger partial charge in [0.2, 0.25) is 0 Å². The molecule has 162 valence electrons. The van der Waals surface area contributed by atoms with Gasteiger partial charge < -0.3 is 25.6 Å². The summed E-state index contributed by atoms with van der Waals surface area (Å²) in [6.45, 7) is 7.90. The van der Waals surface area contributed by atoms with Gasteiger partial charge in [0.05, 0.1) is 19.3 Å². The number of aliphatic imine (C=N–C) groups is 1. The van der Waals surface area contributed by atoms with Gasteiger partial charge in [-0.2, -0.15) is 0 Å². The van der Waals surface area contributed by atoms with E-state index in [2.05, 4.69) is 39.8 Å². The van der Waals surface area contributed by atoms with Crippen LogP contribution in [0.15, 0.2) is 29.3 Å². The van der Waals surface area contributed by atoms with Crippen LogP contribution in [0.25, 0.3) is 0 Å². The molecular formula is C22H36N4O3. The van der Waals surface area contributed by atoms with Crippen LogP contribution in [0.4, 0.5) is 0 Å². The summed E-state index contributed by atoms with van der Waals surface area (Å²) < 4.78 is 5.55. The van der Waals surface area contributed by atoms with Crippen molar-refractivity contribution in [2.75, 3.05) is 52.5 Å². The number of ether oxygens (including phenoxy) is 1. The lowest BCUT2D eigenvalue weighted by Gasteiger charge is -2.30. The molecule has 0 bridgehead atoms. The largest absolute Gasteiger partial charge is 0.396 e. The van der Waals surface area contributed by atoms with Crippen LogP contribution >= 0.6 is 0 Å². The molecule has 2 heterocycles. The normalized spacial score (nSPS) is 23.6. The molecule has 1 aromatic carbocycles. The fraction of sp³-hybridized carbons (Fsp3) is 0.682. The number of aliphatic hydroxyl groups excluding tert-OH is 2. The van der Waals surface area contributed by atoms with E-state index in [9.17, 15) is 10.2 Å². The average Bonchev–Trinajstić information content (AvgIpc) is 3.19.